The molecule has 2 heterocycles. The van der Waals surface area contributed by atoms with E-state index in [2.05, 4.69) is 25.8 Å². The zero-order valence-corrected chi connectivity index (χ0v) is 8.77. The zero-order chi connectivity index (χ0) is 10.3. The van der Waals surface area contributed by atoms with Gasteiger partial charge >= 0.3 is 0 Å². The van der Waals surface area contributed by atoms with Crippen molar-refractivity contribution in [2.45, 2.75) is 26.3 Å². The standard InChI is InChI=1S/C11H14N4/c1-8-4-11(10-5-12-7-13-10)15(14-8)6-9-2-3-9/h4-5,7,9H,2-3,6H2,1H3,(H,12,13). The van der Waals surface area contributed by atoms with Crippen molar-refractivity contribution in [3.63, 3.8) is 0 Å². The molecule has 1 N–H and O–H groups in total. The lowest BCUT2D eigenvalue weighted by Crippen LogP contribution is -2.04. The summed E-state index contributed by atoms with van der Waals surface area (Å²) in [6, 6.07) is 2.11. The van der Waals surface area contributed by atoms with Gasteiger partial charge in [-0.25, -0.2) is 4.98 Å². The van der Waals surface area contributed by atoms with Crippen molar-refractivity contribution in [2.75, 3.05) is 0 Å². The number of aryl methyl sites for hydroxylation is 1. The van der Waals surface area contributed by atoms with E-state index in [0.29, 0.717) is 0 Å². The van der Waals surface area contributed by atoms with Crippen molar-refractivity contribution in [2.24, 2.45) is 5.92 Å². The number of nitrogens with zero attached hydrogens (tertiary/aromatic N) is 3. The second kappa shape index (κ2) is 3.22. The van der Waals surface area contributed by atoms with Crippen molar-refractivity contribution >= 4 is 0 Å². The van der Waals surface area contributed by atoms with Crippen LogP contribution in [0, 0.1) is 12.8 Å². The Balaban J connectivity index is 1.97. The van der Waals surface area contributed by atoms with Crippen LogP contribution in [-0.2, 0) is 6.54 Å². The number of imidazole rings is 1. The molecule has 0 aliphatic heterocycles. The number of hydrogen-bond acceptors (Lipinski definition) is 2. The van der Waals surface area contributed by atoms with E-state index in [1.165, 1.54) is 12.8 Å². The molecule has 1 aliphatic rings. The van der Waals surface area contributed by atoms with E-state index >= 15 is 0 Å². The minimum atomic E-state index is 0.839. The molecule has 3 rings (SSSR count). The highest BCUT2D eigenvalue weighted by Gasteiger charge is 2.23. The summed E-state index contributed by atoms with van der Waals surface area (Å²) < 4.78 is 2.10. The van der Waals surface area contributed by atoms with Gasteiger partial charge < -0.3 is 4.98 Å². The molecule has 15 heavy (non-hydrogen) atoms. The molecule has 0 radical (unpaired) electrons. The topological polar surface area (TPSA) is 46.5 Å². The van der Waals surface area contributed by atoms with Gasteiger partial charge in [0.1, 0.15) is 0 Å². The van der Waals surface area contributed by atoms with E-state index in [9.17, 15) is 0 Å². The van der Waals surface area contributed by atoms with Crippen LogP contribution in [-0.4, -0.2) is 19.7 Å². The van der Waals surface area contributed by atoms with E-state index in [1.807, 2.05) is 13.1 Å². The third-order valence-corrected chi connectivity index (χ3v) is 2.80. The molecule has 0 unspecified atom stereocenters. The molecule has 1 saturated carbocycles. The largest absolute Gasteiger partial charge is 0.343 e. The molecule has 1 fully saturated rings. The van der Waals surface area contributed by atoms with Crippen LogP contribution >= 0.6 is 0 Å². The molecule has 0 spiro atoms. The average Bonchev–Trinajstić information content (AvgIpc) is 2.75. The number of nitrogens with one attached hydrogen (secondary N) is 1. The van der Waals surface area contributed by atoms with Gasteiger partial charge in [0.2, 0.25) is 0 Å². The van der Waals surface area contributed by atoms with Crippen LogP contribution in [0.1, 0.15) is 18.5 Å². The summed E-state index contributed by atoms with van der Waals surface area (Å²) in [4.78, 5) is 7.18. The lowest BCUT2D eigenvalue weighted by molar-refractivity contribution is 0.564. The van der Waals surface area contributed by atoms with E-state index in [1.54, 1.807) is 6.33 Å². The lowest BCUT2D eigenvalue weighted by atomic mass is 10.3. The van der Waals surface area contributed by atoms with Gasteiger partial charge in [0.15, 0.2) is 0 Å². The van der Waals surface area contributed by atoms with Crippen molar-refractivity contribution in [3.8, 4) is 11.4 Å². The Kier molecular flexibility index (Phi) is 1.87. The summed E-state index contributed by atoms with van der Waals surface area (Å²) in [6.07, 6.45) is 6.25. The van der Waals surface area contributed by atoms with E-state index in [-0.39, 0.29) is 0 Å². The highest BCUT2D eigenvalue weighted by atomic mass is 15.3. The van der Waals surface area contributed by atoms with Crippen LogP contribution in [0.25, 0.3) is 11.4 Å². The van der Waals surface area contributed by atoms with Gasteiger partial charge in [-0.3, -0.25) is 4.68 Å². The maximum Gasteiger partial charge on any atom is 0.0924 e. The monoisotopic (exact) mass is 202 g/mol. The smallest absolute Gasteiger partial charge is 0.0924 e. The van der Waals surface area contributed by atoms with Gasteiger partial charge in [-0.15, -0.1) is 0 Å². The number of hydrogen-bond donors (Lipinski definition) is 1. The molecule has 4 heteroatoms. The van der Waals surface area contributed by atoms with Crippen LogP contribution in [0.3, 0.4) is 0 Å². The molecule has 78 valence electrons. The summed E-state index contributed by atoms with van der Waals surface area (Å²) in [7, 11) is 0. The van der Waals surface area contributed by atoms with Crippen LogP contribution in [0.4, 0.5) is 0 Å². The molecule has 0 amide bonds. The number of aromatic nitrogens is 4. The molecular weight excluding hydrogens is 188 g/mol. The minimum Gasteiger partial charge on any atom is -0.343 e. The second-order valence-corrected chi connectivity index (χ2v) is 4.26. The first kappa shape index (κ1) is 8.71. The highest BCUT2D eigenvalue weighted by molar-refractivity contribution is 5.53. The second-order valence-electron chi connectivity index (χ2n) is 4.26. The van der Waals surface area contributed by atoms with Gasteiger partial charge in [0.25, 0.3) is 0 Å². The van der Waals surface area contributed by atoms with Crippen LogP contribution in [0.5, 0.6) is 0 Å². The summed E-state index contributed by atoms with van der Waals surface area (Å²) in [5, 5.41) is 4.52. The van der Waals surface area contributed by atoms with Gasteiger partial charge in [-0.2, -0.15) is 5.10 Å². The van der Waals surface area contributed by atoms with E-state index in [4.69, 9.17) is 0 Å². The SMILES string of the molecule is Cc1cc(-c2cnc[nH]2)n(CC2CC2)n1. The van der Waals surface area contributed by atoms with Crippen molar-refractivity contribution in [1.82, 2.24) is 19.7 Å². The van der Waals surface area contributed by atoms with Gasteiger partial charge in [-0.05, 0) is 31.7 Å². The van der Waals surface area contributed by atoms with Crippen molar-refractivity contribution in [3.05, 3.63) is 24.3 Å². The average molecular weight is 202 g/mol. The summed E-state index contributed by atoms with van der Waals surface area (Å²) in [5.41, 5.74) is 3.27. The molecule has 2 aromatic rings. The fourth-order valence-electron chi connectivity index (χ4n) is 1.84. The summed E-state index contributed by atoms with van der Waals surface area (Å²) >= 11 is 0. The van der Waals surface area contributed by atoms with Gasteiger partial charge in [-0.1, -0.05) is 0 Å². The Hall–Kier alpha value is -1.58. The molecule has 2 aromatic heterocycles. The molecule has 0 aromatic carbocycles. The van der Waals surface area contributed by atoms with Crippen LogP contribution in [0.2, 0.25) is 0 Å². The molecule has 0 bridgehead atoms. The normalized spacial score (nSPS) is 15.8. The Morgan fingerprint density at radius 3 is 3.07 bits per heavy atom. The van der Waals surface area contributed by atoms with E-state index in [0.717, 1.165) is 29.5 Å². The Bertz CT molecular complexity index is 451. The molecular formula is C11H14N4. The maximum absolute atomic E-state index is 4.52. The highest BCUT2D eigenvalue weighted by Crippen LogP contribution is 2.32. The van der Waals surface area contributed by atoms with Crippen molar-refractivity contribution < 1.29 is 0 Å². The summed E-state index contributed by atoms with van der Waals surface area (Å²) in [5.74, 6) is 0.839. The minimum absolute atomic E-state index is 0.839. The van der Waals surface area contributed by atoms with Crippen LogP contribution < -0.4 is 0 Å². The lowest BCUT2D eigenvalue weighted by Gasteiger charge is -2.03. The van der Waals surface area contributed by atoms with Gasteiger partial charge in [0.05, 0.1) is 29.6 Å². The van der Waals surface area contributed by atoms with E-state index < -0.39 is 0 Å². The zero-order valence-electron chi connectivity index (χ0n) is 8.77. The molecule has 1 aliphatic carbocycles. The van der Waals surface area contributed by atoms with Crippen molar-refractivity contribution in [1.29, 1.82) is 0 Å². The first-order valence-electron chi connectivity index (χ1n) is 5.36. The number of aromatic amines is 1. The Labute approximate surface area is 88.3 Å². The van der Waals surface area contributed by atoms with Crippen LogP contribution in [0.15, 0.2) is 18.6 Å². The predicted molar refractivity (Wildman–Crippen MR) is 57.3 cm³/mol. The quantitative estimate of drug-likeness (QED) is 0.827. The number of H-pyrrole nitrogens is 1. The predicted octanol–water partition coefficient (Wildman–Crippen LogP) is 1.99. The van der Waals surface area contributed by atoms with Gasteiger partial charge in [0, 0.05) is 6.54 Å². The Morgan fingerprint density at radius 2 is 2.40 bits per heavy atom. The maximum atomic E-state index is 4.52. The third-order valence-electron chi connectivity index (χ3n) is 2.80. The fourth-order valence-corrected chi connectivity index (χ4v) is 1.84. The Morgan fingerprint density at radius 1 is 1.53 bits per heavy atom. The molecule has 4 nitrogen and oxygen atoms in total. The summed E-state index contributed by atoms with van der Waals surface area (Å²) in [6.45, 7) is 3.07. The molecule has 0 saturated heterocycles. The first-order chi connectivity index (χ1) is 7.33. The first-order valence-corrected chi connectivity index (χ1v) is 5.36. The third kappa shape index (κ3) is 1.67. The number of rotatable bonds is 3. The fraction of sp³-hybridized carbons (Fsp3) is 0.455. The molecule has 0 atom stereocenters.